The molecule has 0 saturated heterocycles. The zero-order valence-corrected chi connectivity index (χ0v) is 12.7. The lowest BCUT2D eigenvalue weighted by Crippen LogP contribution is -2.37. The van der Waals surface area contributed by atoms with E-state index in [1.54, 1.807) is 23.2 Å². The van der Waals surface area contributed by atoms with Gasteiger partial charge in [-0.25, -0.2) is 4.98 Å². The second kappa shape index (κ2) is 6.05. The van der Waals surface area contributed by atoms with E-state index in [9.17, 15) is 4.79 Å². The third kappa shape index (κ3) is 2.88. The number of rotatable bonds is 3. The molecule has 1 aromatic heterocycles. The SMILES string of the molecule is CC(C)Oc1ccc(C(=O)N2CCOc3ccccc32)cn1. The number of hydrogen-bond acceptors (Lipinski definition) is 4. The predicted molar refractivity (Wildman–Crippen MR) is 83.6 cm³/mol. The normalized spacial score (nSPS) is 13.5. The van der Waals surface area contributed by atoms with Crippen molar-refractivity contribution in [1.82, 2.24) is 4.98 Å². The second-order valence-electron chi connectivity index (χ2n) is 5.32. The van der Waals surface area contributed by atoms with Crippen LogP contribution in [0.2, 0.25) is 0 Å². The highest BCUT2D eigenvalue weighted by atomic mass is 16.5. The van der Waals surface area contributed by atoms with Crippen LogP contribution in [-0.4, -0.2) is 30.1 Å². The van der Waals surface area contributed by atoms with Gasteiger partial charge in [0.15, 0.2) is 0 Å². The molecule has 0 atom stereocenters. The van der Waals surface area contributed by atoms with Gasteiger partial charge in [0.2, 0.25) is 5.88 Å². The van der Waals surface area contributed by atoms with Gasteiger partial charge in [-0.1, -0.05) is 12.1 Å². The van der Waals surface area contributed by atoms with Crippen LogP contribution in [0.4, 0.5) is 5.69 Å². The van der Waals surface area contributed by atoms with Gasteiger partial charge in [0.05, 0.1) is 23.9 Å². The molecule has 1 aliphatic heterocycles. The van der Waals surface area contributed by atoms with Crippen molar-refractivity contribution in [3.8, 4) is 11.6 Å². The molecule has 1 aromatic carbocycles. The molecule has 1 aliphatic rings. The first-order valence-electron chi connectivity index (χ1n) is 7.31. The molecular formula is C17H18N2O3. The fourth-order valence-corrected chi connectivity index (χ4v) is 2.35. The number of benzene rings is 1. The molecule has 22 heavy (non-hydrogen) atoms. The van der Waals surface area contributed by atoms with E-state index in [-0.39, 0.29) is 12.0 Å². The van der Waals surface area contributed by atoms with E-state index in [4.69, 9.17) is 9.47 Å². The van der Waals surface area contributed by atoms with Crippen LogP contribution in [0.3, 0.4) is 0 Å². The Morgan fingerprint density at radius 3 is 2.82 bits per heavy atom. The fourth-order valence-electron chi connectivity index (χ4n) is 2.35. The summed E-state index contributed by atoms with van der Waals surface area (Å²) in [6, 6.07) is 11.0. The van der Waals surface area contributed by atoms with Gasteiger partial charge < -0.3 is 14.4 Å². The van der Waals surface area contributed by atoms with Gasteiger partial charge in [0.1, 0.15) is 12.4 Å². The highest BCUT2D eigenvalue weighted by Crippen LogP contribution is 2.31. The molecule has 0 bridgehead atoms. The van der Waals surface area contributed by atoms with E-state index < -0.39 is 0 Å². The molecule has 2 heterocycles. The van der Waals surface area contributed by atoms with E-state index in [1.165, 1.54) is 0 Å². The van der Waals surface area contributed by atoms with E-state index in [0.29, 0.717) is 24.6 Å². The van der Waals surface area contributed by atoms with Crippen molar-refractivity contribution in [2.75, 3.05) is 18.1 Å². The van der Waals surface area contributed by atoms with Gasteiger partial charge in [0.25, 0.3) is 5.91 Å². The van der Waals surface area contributed by atoms with Gasteiger partial charge in [-0.15, -0.1) is 0 Å². The first-order chi connectivity index (χ1) is 10.6. The second-order valence-corrected chi connectivity index (χ2v) is 5.32. The number of carbonyl (C=O) groups excluding carboxylic acids is 1. The predicted octanol–water partition coefficient (Wildman–Crippen LogP) is 2.91. The van der Waals surface area contributed by atoms with Gasteiger partial charge >= 0.3 is 0 Å². The molecule has 0 aliphatic carbocycles. The monoisotopic (exact) mass is 298 g/mol. The van der Waals surface area contributed by atoms with Gasteiger partial charge in [-0.3, -0.25) is 4.79 Å². The Morgan fingerprint density at radius 1 is 1.27 bits per heavy atom. The van der Waals surface area contributed by atoms with E-state index in [2.05, 4.69) is 4.98 Å². The van der Waals surface area contributed by atoms with Gasteiger partial charge in [0, 0.05) is 12.3 Å². The zero-order valence-electron chi connectivity index (χ0n) is 12.7. The lowest BCUT2D eigenvalue weighted by molar-refractivity contribution is 0.0976. The maximum absolute atomic E-state index is 12.7. The molecule has 0 unspecified atom stereocenters. The van der Waals surface area contributed by atoms with Gasteiger partial charge in [-0.05, 0) is 32.0 Å². The van der Waals surface area contributed by atoms with Crippen molar-refractivity contribution in [1.29, 1.82) is 0 Å². The number of nitrogens with zero attached hydrogens (tertiary/aromatic N) is 2. The minimum atomic E-state index is -0.0839. The first kappa shape index (κ1) is 14.4. The molecular weight excluding hydrogens is 280 g/mol. The van der Waals surface area contributed by atoms with Crippen molar-refractivity contribution < 1.29 is 14.3 Å². The fraction of sp³-hybridized carbons (Fsp3) is 0.294. The summed E-state index contributed by atoms with van der Waals surface area (Å²) in [5.41, 5.74) is 1.33. The Bertz CT molecular complexity index is 668. The minimum Gasteiger partial charge on any atom is -0.490 e. The first-order valence-corrected chi connectivity index (χ1v) is 7.31. The van der Waals surface area contributed by atoms with Crippen molar-refractivity contribution in [2.24, 2.45) is 0 Å². The van der Waals surface area contributed by atoms with E-state index in [0.717, 1.165) is 11.4 Å². The van der Waals surface area contributed by atoms with E-state index >= 15 is 0 Å². The third-order valence-electron chi connectivity index (χ3n) is 3.31. The molecule has 0 fully saturated rings. The quantitative estimate of drug-likeness (QED) is 0.874. The lowest BCUT2D eigenvalue weighted by atomic mass is 10.2. The smallest absolute Gasteiger partial charge is 0.260 e. The summed E-state index contributed by atoms with van der Waals surface area (Å²) in [5.74, 6) is 1.17. The van der Waals surface area contributed by atoms with Crippen LogP contribution in [0, 0.1) is 0 Å². The summed E-state index contributed by atoms with van der Waals surface area (Å²) in [6.07, 6.45) is 1.61. The summed E-state index contributed by atoms with van der Waals surface area (Å²) >= 11 is 0. The summed E-state index contributed by atoms with van der Waals surface area (Å²) in [6.45, 7) is 4.89. The Morgan fingerprint density at radius 2 is 2.09 bits per heavy atom. The third-order valence-corrected chi connectivity index (χ3v) is 3.31. The summed E-state index contributed by atoms with van der Waals surface area (Å²) in [7, 11) is 0. The summed E-state index contributed by atoms with van der Waals surface area (Å²) in [5, 5.41) is 0. The van der Waals surface area contributed by atoms with Crippen LogP contribution < -0.4 is 14.4 Å². The Hall–Kier alpha value is -2.56. The van der Waals surface area contributed by atoms with Crippen molar-refractivity contribution in [3.63, 3.8) is 0 Å². The number of fused-ring (bicyclic) bond motifs is 1. The molecule has 5 heteroatoms. The number of hydrogen-bond donors (Lipinski definition) is 0. The largest absolute Gasteiger partial charge is 0.490 e. The highest BCUT2D eigenvalue weighted by Gasteiger charge is 2.24. The molecule has 2 aromatic rings. The molecule has 0 spiro atoms. The Balaban J connectivity index is 1.83. The molecule has 0 N–H and O–H groups in total. The maximum Gasteiger partial charge on any atom is 0.260 e. The van der Waals surface area contributed by atoms with Crippen LogP contribution in [0.25, 0.3) is 0 Å². The molecule has 114 valence electrons. The van der Waals surface area contributed by atoms with Gasteiger partial charge in [-0.2, -0.15) is 0 Å². The Labute approximate surface area is 129 Å². The van der Waals surface area contributed by atoms with Crippen LogP contribution in [0.5, 0.6) is 11.6 Å². The topological polar surface area (TPSA) is 51.7 Å². The van der Waals surface area contributed by atoms with Crippen LogP contribution in [-0.2, 0) is 0 Å². The number of pyridine rings is 1. The number of carbonyl (C=O) groups is 1. The average molecular weight is 298 g/mol. The number of para-hydroxylation sites is 2. The van der Waals surface area contributed by atoms with Crippen LogP contribution >= 0.6 is 0 Å². The highest BCUT2D eigenvalue weighted by molar-refractivity contribution is 6.06. The number of aromatic nitrogens is 1. The minimum absolute atomic E-state index is 0.0557. The molecule has 0 radical (unpaired) electrons. The summed E-state index contributed by atoms with van der Waals surface area (Å²) in [4.78, 5) is 18.6. The number of amides is 1. The standard InChI is InChI=1S/C17H18N2O3/c1-12(2)22-16-8-7-13(11-18-16)17(20)19-9-10-21-15-6-4-3-5-14(15)19/h3-8,11-12H,9-10H2,1-2H3. The lowest BCUT2D eigenvalue weighted by Gasteiger charge is -2.29. The van der Waals surface area contributed by atoms with E-state index in [1.807, 2.05) is 38.1 Å². The number of anilines is 1. The number of ether oxygens (including phenoxy) is 2. The van der Waals surface area contributed by atoms with Crippen molar-refractivity contribution >= 4 is 11.6 Å². The zero-order chi connectivity index (χ0) is 15.5. The summed E-state index contributed by atoms with van der Waals surface area (Å²) < 4.78 is 11.1. The molecule has 5 nitrogen and oxygen atoms in total. The Kier molecular flexibility index (Phi) is 3.96. The maximum atomic E-state index is 12.7. The van der Waals surface area contributed by atoms with Crippen LogP contribution in [0.1, 0.15) is 24.2 Å². The van der Waals surface area contributed by atoms with Crippen molar-refractivity contribution in [2.45, 2.75) is 20.0 Å². The molecule has 0 saturated carbocycles. The van der Waals surface area contributed by atoms with Crippen LogP contribution in [0.15, 0.2) is 42.6 Å². The van der Waals surface area contributed by atoms with Crippen molar-refractivity contribution in [3.05, 3.63) is 48.2 Å². The molecule has 1 amide bonds. The average Bonchev–Trinajstić information content (AvgIpc) is 2.54. The molecule has 3 rings (SSSR count).